The molecular weight excluding hydrogens is 349 g/mol. The zero-order valence-electron chi connectivity index (χ0n) is 13.7. The van der Waals surface area contributed by atoms with Gasteiger partial charge in [-0.25, -0.2) is 9.18 Å². The molecule has 2 aromatic rings. The first-order valence-electron chi connectivity index (χ1n) is 7.54. The highest BCUT2D eigenvalue weighted by Gasteiger charge is 2.23. The highest BCUT2D eigenvalue weighted by atomic mass is 35.5. The summed E-state index contributed by atoms with van der Waals surface area (Å²) in [5, 5.41) is 3.08. The Morgan fingerprint density at radius 1 is 1.00 bits per heavy atom. The molecule has 0 aromatic heterocycles. The molecule has 0 radical (unpaired) electrons. The van der Waals surface area contributed by atoms with Crippen LogP contribution in [0.1, 0.15) is 13.8 Å². The topological polar surface area (TPSA) is 64.6 Å². The van der Waals surface area contributed by atoms with Gasteiger partial charge in [0.25, 0.3) is 5.91 Å². The lowest BCUT2D eigenvalue weighted by Gasteiger charge is -2.17. The Balaban J connectivity index is 1.86. The normalized spacial score (nSPS) is 12.8. The molecule has 132 valence electrons. The van der Waals surface area contributed by atoms with Crippen LogP contribution in [-0.4, -0.2) is 24.1 Å². The fourth-order valence-corrected chi connectivity index (χ4v) is 1.99. The van der Waals surface area contributed by atoms with Gasteiger partial charge in [-0.3, -0.25) is 4.79 Å². The number of hydrogen-bond donors (Lipinski definition) is 1. The van der Waals surface area contributed by atoms with Crippen molar-refractivity contribution >= 4 is 29.2 Å². The molecule has 0 saturated heterocycles. The molecule has 0 aliphatic rings. The number of carbonyl (C=O) groups is 2. The molecule has 0 heterocycles. The number of anilines is 1. The minimum Gasteiger partial charge on any atom is -0.479 e. The van der Waals surface area contributed by atoms with Crippen LogP contribution in [-0.2, 0) is 14.3 Å². The number of amides is 1. The minimum atomic E-state index is -1.03. The lowest BCUT2D eigenvalue weighted by Crippen LogP contribution is -2.35. The third kappa shape index (κ3) is 5.76. The smallest absolute Gasteiger partial charge is 0.347 e. The molecule has 2 atom stereocenters. The Hall–Kier alpha value is -2.60. The van der Waals surface area contributed by atoms with Gasteiger partial charge in [-0.05, 0) is 62.4 Å². The van der Waals surface area contributed by atoms with Crippen molar-refractivity contribution in [3.63, 3.8) is 0 Å². The van der Waals surface area contributed by atoms with Crippen LogP contribution in [0, 0.1) is 5.82 Å². The van der Waals surface area contributed by atoms with Gasteiger partial charge in [0.15, 0.2) is 12.2 Å². The lowest BCUT2D eigenvalue weighted by atomic mass is 10.3. The average molecular weight is 366 g/mol. The zero-order chi connectivity index (χ0) is 18.4. The number of halogens is 2. The second-order valence-electron chi connectivity index (χ2n) is 5.29. The van der Waals surface area contributed by atoms with Gasteiger partial charge >= 0.3 is 5.97 Å². The second kappa shape index (κ2) is 8.48. The molecule has 0 saturated carbocycles. The van der Waals surface area contributed by atoms with Crippen LogP contribution in [0.3, 0.4) is 0 Å². The van der Waals surface area contributed by atoms with Crippen molar-refractivity contribution in [2.75, 3.05) is 5.32 Å². The summed E-state index contributed by atoms with van der Waals surface area (Å²) in [4.78, 5) is 24.0. The van der Waals surface area contributed by atoms with Crippen molar-refractivity contribution in [3.8, 4) is 5.75 Å². The highest BCUT2D eigenvalue weighted by molar-refractivity contribution is 6.30. The van der Waals surface area contributed by atoms with Gasteiger partial charge in [0.05, 0.1) is 0 Å². The molecule has 0 bridgehead atoms. The summed E-state index contributed by atoms with van der Waals surface area (Å²) in [5.41, 5.74) is 0.403. The molecule has 0 aliphatic carbocycles. The van der Waals surface area contributed by atoms with Crippen LogP contribution >= 0.6 is 11.6 Å². The first-order valence-corrected chi connectivity index (χ1v) is 7.92. The number of benzene rings is 2. The molecule has 1 N–H and O–H groups in total. The largest absolute Gasteiger partial charge is 0.479 e. The summed E-state index contributed by atoms with van der Waals surface area (Å²) >= 11 is 5.78. The predicted octanol–water partition coefficient (Wildman–Crippen LogP) is 3.82. The van der Waals surface area contributed by atoms with Crippen molar-refractivity contribution in [1.82, 2.24) is 0 Å². The summed E-state index contributed by atoms with van der Waals surface area (Å²) in [6.45, 7) is 2.95. The van der Waals surface area contributed by atoms with Crippen LogP contribution in [0.5, 0.6) is 5.75 Å². The van der Waals surface area contributed by atoms with Gasteiger partial charge < -0.3 is 14.8 Å². The molecular formula is C18H17ClFNO4. The Morgan fingerprint density at radius 3 is 2.20 bits per heavy atom. The molecule has 2 aromatic carbocycles. The third-order valence-corrected chi connectivity index (χ3v) is 3.48. The molecule has 0 aliphatic heterocycles. The fourth-order valence-electron chi connectivity index (χ4n) is 1.87. The molecule has 1 amide bonds. The Bertz CT molecular complexity index is 734. The van der Waals surface area contributed by atoms with E-state index in [1.54, 1.807) is 24.3 Å². The fraction of sp³-hybridized carbons (Fsp3) is 0.222. The lowest BCUT2D eigenvalue weighted by molar-refractivity contribution is -0.159. The molecule has 25 heavy (non-hydrogen) atoms. The van der Waals surface area contributed by atoms with E-state index >= 15 is 0 Å². The van der Waals surface area contributed by atoms with E-state index in [2.05, 4.69) is 5.32 Å². The number of esters is 1. The maximum absolute atomic E-state index is 12.8. The van der Waals surface area contributed by atoms with Crippen molar-refractivity contribution < 1.29 is 23.5 Å². The van der Waals surface area contributed by atoms with E-state index in [1.807, 2.05) is 0 Å². The van der Waals surface area contributed by atoms with Crippen molar-refractivity contribution in [2.45, 2.75) is 26.1 Å². The van der Waals surface area contributed by atoms with Crippen molar-refractivity contribution in [1.29, 1.82) is 0 Å². The van der Waals surface area contributed by atoms with Gasteiger partial charge in [-0.2, -0.15) is 0 Å². The summed E-state index contributed by atoms with van der Waals surface area (Å²) < 4.78 is 23.4. The average Bonchev–Trinajstić information content (AvgIpc) is 2.58. The van der Waals surface area contributed by atoms with Crippen LogP contribution < -0.4 is 10.1 Å². The molecule has 2 unspecified atom stereocenters. The van der Waals surface area contributed by atoms with E-state index in [4.69, 9.17) is 21.1 Å². The molecule has 2 rings (SSSR count). The SMILES string of the molecule is CC(OC(=O)C(C)Oc1ccc(Cl)cc1)C(=O)Nc1ccc(F)cc1. The first kappa shape index (κ1) is 18.7. The van der Waals surface area contributed by atoms with E-state index in [9.17, 15) is 14.0 Å². The van der Waals surface area contributed by atoms with Gasteiger partial charge in [-0.15, -0.1) is 0 Å². The monoisotopic (exact) mass is 365 g/mol. The standard InChI is InChI=1S/C18H17ClFNO4/c1-11(17(22)21-15-7-5-14(20)6-8-15)25-18(23)12(2)24-16-9-3-13(19)4-10-16/h3-12H,1-2H3,(H,21,22). The van der Waals surface area contributed by atoms with E-state index in [0.29, 0.717) is 16.5 Å². The molecule has 0 spiro atoms. The second-order valence-corrected chi connectivity index (χ2v) is 5.73. The maximum Gasteiger partial charge on any atom is 0.347 e. The van der Waals surface area contributed by atoms with E-state index < -0.39 is 29.9 Å². The third-order valence-electron chi connectivity index (χ3n) is 3.23. The van der Waals surface area contributed by atoms with Gasteiger partial charge in [0, 0.05) is 10.7 Å². The Kier molecular flexibility index (Phi) is 6.36. The molecule has 0 fully saturated rings. The number of nitrogens with one attached hydrogen (secondary N) is 1. The molecule has 5 nitrogen and oxygen atoms in total. The number of rotatable bonds is 6. The zero-order valence-corrected chi connectivity index (χ0v) is 14.4. The van der Waals surface area contributed by atoms with Gasteiger partial charge in [0.2, 0.25) is 0 Å². The first-order chi connectivity index (χ1) is 11.8. The quantitative estimate of drug-likeness (QED) is 0.790. The summed E-state index contributed by atoms with van der Waals surface area (Å²) in [6, 6.07) is 11.8. The van der Waals surface area contributed by atoms with E-state index in [-0.39, 0.29) is 0 Å². The summed E-state index contributed by atoms with van der Waals surface area (Å²) in [6.07, 6.45) is -1.93. The van der Waals surface area contributed by atoms with Crippen molar-refractivity contribution in [3.05, 3.63) is 59.4 Å². The van der Waals surface area contributed by atoms with E-state index in [1.165, 1.54) is 38.1 Å². The van der Waals surface area contributed by atoms with Crippen LogP contribution in [0.2, 0.25) is 5.02 Å². The summed E-state index contributed by atoms with van der Waals surface area (Å²) in [7, 11) is 0. The van der Waals surface area contributed by atoms with Crippen LogP contribution in [0.25, 0.3) is 0 Å². The van der Waals surface area contributed by atoms with Gasteiger partial charge in [-0.1, -0.05) is 11.6 Å². The number of hydrogen-bond acceptors (Lipinski definition) is 4. The van der Waals surface area contributed by atoms with Gasteiger partial charge in [0.1, 0.15) is 11.6 Å². The van der Waals surface area contributed by atoms with Crippen LogP contribution in [0.4, 0.5) is 10.1 Å². The Morgan fingerprint density at radius 2 is 1.60 bits per heavy atom. The predicted molar refractivity (Wildman–Crippen MR) is 92.1 cm³/mol. The molecule has 7 heteroatoms. The number of ether oxygens (including phenoxy) is 2. The summed E-state index contributed by atoms with van der Waals surface area (Å²) in [5.74, 6) is -1.17. The number of carbonyl (C=O) groups excluding carboxylic acids is 2. The minimum absolute atomic E-state index is 0.403. The van der Waals surface area contributed by atoms with Crippen LogP contribution in [0.15, 0.2) is 48.5 Å². The van der Waals surface area contributed by atoms with E-state index in [0.717, 1.165) is 0 Å². The highest BCUT2D eigenvalue weighted by Crippen LogP contribution is 2.17. The Labute approximate surface area is 149 Å². The maximum atomic E-state index is 12.8. The van der Waals surface area contributed by atoms with Crippen molar-refractivity contribution in [2.24, 2.45) is 0 Å².